The van der Waals surface area contributed by atoms with E-state index in [4.69, 9.17) is 9.72 Å². The number of hydrogen-bond acceptors (Lipinski definition) is 6. The Hall–Kier alpha value is -3.23. The predicted molar refractivity (Wildman–Crippen MR) is 135 cm³/mol. The highest BCUT2D eigenvalue weighted by Crippen LogP contribution is 2.32. The lowest BCUT2D eigenvalue weighted by molar-refractivity contribution is -0.119. The number of pyridine rings is 1. The van der Waals surface area contributed by atoms with Crippen LogP contribution in [0, 0.1) is 0 Å². The summed E-state index contributed by atoms with van der Waals surface area (Å²) in [5.41, 5.74) is 3.83. The molecule has 1 fully saturated rings. The fourth-order valence-corrected chi connectivity index (χ4v) is 5.04. The molecule has 3 heterocycles. The molecule has 7 nitrogen and oxygen atoms in total. The first-order valence-electron chi connectivity index (χ1n) is 11.6. The molecule has 1 atom stereocenters. The number of para-hydroxylation sites is 1. The Morgan fingerprint density at radius 3 is 2.76 bits per heavy atom. The number of nitrogens with one attached hydrogen (secondary N) is 1. The van der Waals surface area contributed by atoms with Crippen LogP contribution in [-0.4, -0.2) is 50.7 Å². The largest absolute Gasteiger partial charge is 0.376 e. The number of fused-ring (bicyclic) bond motifs is 1. The van der Waals surface area contributed by atoms with Crippen LogP contribution in [0.15, 0.2) is 65.8 Å². The molecular formula is C26H27N5O2S. The van der Waals surface area contributed by atoms with E-state index in [2.05, 4.69) is 51.3 Å². The van der Waals surface area contributed by atoms with Crippen LogP contribution in [0.4, 0.5) is 0 Å². The Bertz CT molecular complexity index is 1290. The molecule has 2 aromatic heterocycles. The number of ether oxygens (including phenoxy) is 1. The van der Waals surface area contributed by atoms with E-state index in [9.17, 15) is 4.79 Å². The lowest BCUT2D eigenvalue weighted by atomic mass is 10.0. The third-order valence-corrected chi connectivity index (χ3v) is 6.91. The minimum atomic E-state index is -0.0200. The number of hydrogen-bond donors (Lipinski definition) is 1. The summed E-state index contributed by atoms with van der Waals surface area (Å²) in [6.45, 7) is 4.11. The minimum absolute atomic E-state index is 0.0200. The Morgan fingerprint density at radius 1 is 1.15 bits per heavy atom. The number of carbonyl (C=O) groups is 1. The van der Waals surface area contributed by atoms with Crippen molar-refractivity contribution in [2.24, 2.45) is 0 Å². The Labute approximate surface area is 203 Å². The lowest BCUT2D eigenvalue weighted by Gasteiger charge is -2.12. The molecule has 34 heavy (non-hydrogen) atoms. The maximum absolute atomic E-state index is 12.4. The van der Waals surface area contributed by atoms with E-state index in [1.807, 2.05) is 36.4 Å². The SMILES string of the molecule is CCn1c(SCC(=O)NCC2CCCO2)nnc1-c1cc(-c2ccccc2)nc2ccccc12. The summed E-state index contributed by atoms with van der Waals surface area (Å²) in [5, 5.41) is 13.7. The molecule has 0 aliphatic carbocycles. The Balaban J connectivity index is 1.41. The van der Waals surface area contributed by atoms with Gasteiger partial charge in [-0.2, -0.15) is 0 Å². The fourth-order valence-electron chi connectivity index (χ4n) is 4.21. The minimum Gasteiger partial charge on any atom is -0.376 e. The van der Waals surface area contributed by atoms with Crippen molar-refractivity contribution in [3.8, 4) is 22.6 Å². The van der Waals surface area contributed by atoms with Crippen molar-refractivity contribution < 1.29 is 9.53 Å². The fraction of sp³-hybridized carbons (Fsp3) is 0.308. The zero-order valence-corrected chi connectivity index (χ0v) is 19.9. The van der Waals surface area contributed by atoms with Crippen molar-refractivity contribution in [2.75, 3.05) is 18.9 Å². The normalized spacial score (nSPS) is 15.6. The van der Waals surface area contributed by atoms with Gasteiger partial charge in [-0.05, 0) is 31.9 Å². The second kappa shape index (κ2) is 10.4. The summed E-state index contributed by atoms with van der Waals surface area (Å²) < 4.78 is 7.64. The molecule has 1 aliphatic rings. The predicted octanol–water partition coefficient (Wildman–Crippen LogP) is 4.57. The van der Waals surface area contributed by atoms with Gasteiger partial charge in [0.15, 0.2) is 11.0 Å². The van der Waals surface area contributed by atoms with Crippen LogP contribution in [0.25, 0.3) is 33.5 Å². The first-order chi connectivity index (χ1) is 16.7. The van der Waals surface area contributed by atoms with E-state index in [1.54, 1.807) is 0 Å². The van der Waals surface area contributed by atoms with Gasteiger partial charge in [-0.3, -0.25) is 4.79 Å². The van der Waals surface area contributed by atoms with Crippen LogP contribution in [0.3, 0.4) is 0 Å². The van der Waals surface area contributed by atoms with E-state index in [1.165, 1.54) is 11.8 Å². The smallest absolute Gasteiger partial charge is 0.230 e. The maximum atomic E-state index is 12.4. The van der Waals surface area contributed by atoms with E-state index in [0.717, 1.165) is 58.2 Å². The molecule has 8 heteroatoms. The lowest BCUT2D eigenvalue weighted by Crippen LogP contribution is -2.32. The zero-order chi connectivity index (χ0) is 23.3. The van der Waals surface area contributed by atoms with Crippen molar-refractivity contribution in [1.29, 1.82) is 0 Å². The maximum Gasteiger partial charge on any atom is 0.230 e. The average molecular weight is 474 g/mol. The molecule has 0 saturated carbocycles. The summed E-state index contributed by atoms with van der Waals surface area (Å²) in [6, 6.07) is 20.3. The molecule has 2 aromatic carbocycles. The Morgan fingerprint density at radius 2 is 1.97 bits per heavy atom. The van der Waals surface area contributed by atoms with Crippen LogP contribution < -0.4 is 5.32 Å². The molecule has 5 rings (SSSR count). The van der Waals surface area contributed by atoms with Gasteiger partial charge in [0.1, 0.15) is 0 Å². The second-order valence-electron chi connectivity index (χ2n) is 8.22. The van der Waals surface area contributed by atoms with Crippen molar-refractivity contribution in [3.05, 3.63) is 60.7 Å². The van der Waals surface area contributed by atoms with Crippen LogP contribution in [0.2, 0.25) is 0 Å². The molecule has 0 bridgehead atoms. The highest BCUT2D eigenvalue weighted by Gasteiger charge is 2.19. The number of amides is 1. The van der Waals surface area contributed by atoms with E-state index in [-0.39, 0.29) is 17.8 Å². The van der Waals surface area contributed by atoms with Gasteiger partial charge in [-0.15, -0.1) is 10.2 Å². The molecule has 1 amide bonds. The van der Waals surface area contributed by atoms with Crippen molar-refractivity contribution >= 4 is 28.6 Å². The summed E-state index contributed by atoms with van der Waals surface area (Å²) >= 11 is 1.40. The first kappa shape index (κ1) is 22.6. The number of aromatic nitrogens is 4. The molecule has 4 aromatic rings. The van der Waals surface area contributed by atoms with Gasteiger partial charge < -0.3 is 14.6 Å². The summed E-state index contributed by atoms with van der Waals surface area (Å²) in [7, 11) is 0. The monoisotopic (exact) mass is 473 g/mol. The van der Waals surface area contributed by atoms with Crippen LogP contribution >= 0.6 is 11.8 Å². The zero-order valence-electron chi connectivity index (χ0n) is 19.1. The van der Waals surface area contributed by atoms with Crippen molar-refractivity contribution in [1.82, 2.24) is 25.1 Å². The van der Waals surface area contributed by atoms with Gasteiger partial charge in [0, 0.05) is 36.2 Å². The third-order valence-electron chi connectivity index (χ3n) is 5.94. The molecular weight excluding hydrogens is 446 g/mol. The molecule has 0 spiro atoms. The molecule has 1 unspecified atom stereocenters. The highest BCUT2D eigenvalue weighted by atomic mass is 32.2. The van der Waals surface area contributed by atoms with Gasteiger partial charge >= 0.3 is 0 Å². The van der Waals surface area contributed by atoms with E-state index in [0.29, 0.717) is 13.1 Å². The summed E-state index contributed by atoms with van der Waals surface area (Å²) in [4.78, 5) is 17.3. The second-order valence-corrected chi connectivity index (χ2v) is 9.16. The molecule has 174 valence electrons. The summed E-state index contributed by atoms with van der Waals surface area (Å²) in [6.07, 6.45) is 2.21. The topological polar surface area (TPSA) is 81.9 Å². The molecule has 1 aliphatic heterocycles. The molecule has 1 N–H and O–H groups in total. The molecule has 1 saturated heterocycles. The van der Waals surface area contributed by atoms with Gasteiger partial charge in [-0.1, -0.05) is 60.3 Å². The number of rotatable bonds is 8. The van der Waals surface area contributed by atoms with E-state index < -0.39 is 0 Å². The van der Waals surface area contributed by atoms with E-state index >= 15 is 0 Å². The molecule has 0 radical (unpaired) electrons. The van der Waals surface area contributed by atoms with Crippen LogP contribution in [-0.2, 0) is 16.1 Å². The quantitative estimate of drug-likeness (QED) is 0.378. The van der Waals surface area contributed by atoms with Gasteiger partial charge in [0.2, 0.25) is 5.91 Å². The first-order valence-corrected chi connectivity index (χ1v) is 12.6. The van der Waals surface area contributed by atoms with Gasteiger partial charge in [0.25, 0.3) is 0 Å². The number of nitrogens with zero attached hydrogens (tertiary/aromatic N) is 4. The number of carbonyl (C=O) groups excluding carboxylic acids is 1. The summed E-state index contributed by atoms with van der Waals surface area (Å²) in [5.74, 6) is 1.05. The third kappa shape index (κ3) is 4.83. The van der Waals surface area contributed by atoms with Gasteiger partial charge in [-0.25, -0.2) is 4.98 Å². The van der Waals surface area contributed by atoms with Crippen LogP contribution in [0.5, 0.6) is 0 Å². The average Bonchev–Trinajstić information content (AvgIpc) is 3.56. The standard InChI is InChI=1S/C26H27N5O2S/c1-2-31-25(29-30-26(31)34-17-24(32)27-16-19-11-8-14-33-19)21-15-23(18-9-4-3-5-10-18)28-22-13-7-6-12-20(21)22/h3-7,9-10,12-13,15,19H,2,8,11,14,16-17H2,1H3,(H,27,32). The van der Waals surface area contributed by atoms with Crippen molar-refractivity contribution in [2.45, 2.75) is 37.6 Å². The van der Waals surface area contributed by atoms with Crippen molar-refractivity contribution in [3.63, 3.8) is 0 Å². The highest BCUT2D eigenvalue weighted by molar-refractivity contribution is 7.99. The Kier molecular flexibility index (Phi) is 6.87. The number of thioether (sulfide) groups is 1. The van der Waals surface area contributed by atoms with Crippen LogP contribution in [0.1, 0.15) is 19.8 Å². The van der Waals surface area contributed by atoms with Gasteiger partial charge in [0.05, 0.1) is 23.1 Å². The number of benzene rings is 2.